The zero-order valence-electron chi connectivity index (χ0n) is 13.7. The third kappa shape index (κ3) is 5.05. The molecule has 3 atom stereocenters. The Hall–Kier alpha value is -1.55. The Labute approximate surface area is 128 Å². The van der Waals surface area contributed by atoms with E-state index in [-0.39, 0.29) is 23.9 Å². The van der Waals surface area contributed by atoms with Crippen molar-refractivity contribution in [2.75, 3.05) is 7.11 Å². The molecule has 3 unspecified atom stereocenters. The van der Waals surface area contributed by atoms with Gasteiger partial charge in [-0.05, 0) is 25.3 Å². The molecule has 1 rings (SSSR count). The molecule has 0 aliphatic heterocycles. The average Bonchev–Trinajstić information content (AvgIpc) is 2.44. The largest absolute Gasteiger partial charge is 0.496 e. The number of nitrogens with two attached hydrogens (primary N) is 1. The average molecular weight is 292 g/mol. The molecule has 1 amide bonds. The molecule has 1 aromatic carbocycles. The molecule has 0 heterocycles. The predicted molar refractivity (Wildman–Crippen MR) is 86.1 cm³/mol. The highest BCUT2D eigenvalue weighted by Gasteiger charge is 2.23. The van der Waals surface area contributed by atoms with Crippen molar-refractivity contribution < 1.29 is 9.53 Å². The number of carbonyl (C=O) groups is 1. The highest BCUT2D eigenvalue weighted by Crippen LogP contribution is 2.29. The van der Waals surface area contributed by atoms with E-state index < -0.39 is 0 Å². The standard InChI is InChI=1S/C17H28N2O2/c1-11(2)10-15(19-17(20)12(3)13(4)18)14-8-6-7-9-16(14)21-5/h6-9,11-13,15H,10,18H2,1-5H3,(H,19,20). The lowest BCUT2D eigenvalue weighted by Gasteiger charge is -2.25. The molecule has 0 bridgehead atoms. The number of hydrogen-bond donors (Lipinski definition) is 2. The van der Waals surface area contributed by atoms with E-state index in [1.807, 2.05) is 38.1 Å². The summed E-state index contributed by atoms with van der Waals surface area (Å²) in [5.41, 5.74) is 6.84. The maximum Gasteiger partial charge on any atom is 0.224 e. The van der Waals surface area contributed by atoms with Gasteiger partial charge >= 0.3 is 0 Å². The van der Waals surface area contributed by atoms with Crippen LogP contribution in [0.2, 0.25) is 0 Å². The second-order valence-corrected chi connectivity index (χ2v) is 6.08. The second kappa shape index (κ2) is 8.03. The number of methoxy groups -OCH3 is 1. The van der Waals surface area contributed by atoms with Gasteiger partial charge in [-0.15, -0.1) is 0 Å². The van der Waals surface area contributed by atoms with Gasteiger partial charge in [-0.25, -0.2) is 0 Å². The highest BCUT2D eigenvalue weighted by molar-refractivity contribution is 5.79. The first-order chi connectivity index (χ1) is 9.86. The molecule has 0 aromatic heterocycles. The number of benzene rings is 1. The van der Waals surface area contributed by atoms with Gasteiger partial charge in [0, 0.05) is 17.5 Å². The first kappa shape index (κ1) is 17.5. The summed E-state index contributed by atoms with van der Waals surface area (Å²) in [6, 6.07) is 7.59. The lowest BCUT2D eigenvalue weighted by molar-refractivity contribution is -0.125. The molecule has 0 spiro atoms. The number of carbonyl (C=O) groups excluding carboxylic acids is 1. The number of amides is 1. The minimum Gasteiger partial charge on any atom is -0.496 e. The van der Waals surface area contributed by atoms with Gasteiger partial charge < -0.3 is 15.8 Å². The second-order valence-electron chi connectivity index (χ2n) is 6.08. The van der Waals surface area contributed by atoms with Crippen molar-refractivity contribution in [3.63, 3.8) is 0 Å². The van der Waals surface area contributed by atoms with Crippen molar-refractivity contribution in [3.05, 3.63) is 29.8 Å². The summed E-state index contributed by atoms with van der Waals surface area (Å²) in [5, 5.41) is 3.12. The summed E-state index contributed by atoms with van der Waals surface area (Å²) in [6.07, 6.45) is 0.859. The lowest BCUT2D eigenvalue weighted by Crippen LogP contribution is -2.40. The molecular formula is C17H28N2O2. The molecule has 21 heavy (non-hydrogen) atoms. The first-order valence-corrected chi connectivity index (χ1v) is 7.55. The zero-order valence-corrected chi connectivity index (χ0v) is 13.7. The Morgan fingerprint density at radius 1 is 1.24 bits per heavy atom. The summed E-state index contributed by atoms with van der Waals surface area (Å²) in [7, 11) is 1.65. The summed E-state index contributed by atoms with van der Waals surface area (Å²) >= 11 is 0. The van der Waals surface area contributed by atoms with E-state index in [0.29, 0.717) is 5.92 Å². The van der Waals surface area contributed by atoms with Crippen LogP contribution < -0.4 is 15.8 Å². The van der Waals surface area contributed by atoms with Crippen LogP contribution in [-0.4, -0.2) is 19.1 Å². The van der Waals surface area contributed by atoms with Crippen molar-refractivity contribution in [2.45, 2.75) is 46.2 Å². The molecule has 0 aliphatic rings. The first-order valence-electron chi connectivity index (χ1n) is 7.55. The van der Waals surface area contributed by atoms with Crippen LogP contribution in [-0.2, 0) is 4.79 Å². The molecule has 118 valence electrons. The van der Waals surface area contributed by atoms with Gasteiger partial charge in [-0.3, -0.25) is 4.79 Å². The van der Waals surface area contributed by atoms with Gasteiger partial charge in [0.1, 0.15) is 5.75 Å². The fourth-order valence-electron chi connectivity index (χ4n) is 2.23. The molecule has 4 heteroatoms. The van der Waals surface area contributed by atoms with Gasteiger partial charge in [-0.2, -0.15) is 0 Å². The van der Waals surface area contributed by atoms with Crippen LogP contribution in [0, 0.1) is 11.8 Å². The van der Waals surface area contributed by atoms with Crippen LogP contribution in [0.1, 0.15) is 45.7 Å². The molecule has 0 saturated carbocycles. The third-order valence-corrected chi connectivity index (χ3v) is 3.74. The van der Waals surface area contributed by atoms with Crippen molar-refractivity contribution in [1.29, 1.82) is 0 Å². The Bertz CT molecular complexity index is 458. The van der Waals surface area contributed by atoms with E-state index in [1.54, 1.807) is 7.11 Å². The van der Waals surface area contributed by atoms with Crippen molar-refractivity contribution in [2.24, 2.45) is 17.6 Å². The SMILES string of the molecule is COc1ccccc1C(CC(C)C)NC(=O)C(C)C(C)N. The number of ether oxygens (including phenoxy) is 1. The van der Waals surface area contributed by atoms with E-state index in [9.17, 15) is 4.79 Å². The minimum atomic E-state index is -0.214. The van der Waals surface area contributed by atoms with Crippen molar-refractivity contribution >= 4 is 5.91 Å². The molecule has 0 fully saturated rings. The van der Waals surface area contributed by atoms with Crippen LogP contribution in [0.5, 0.6) is 5.75 Å². The van der Waals surface area contributed by atoms with Crippen molar-refractivity contribution in [3.8, 4) is 5.75 Å². The van der Waals surface area contributed by atoms with Gasteiger partial charge in [0.2, 0.25) is 5.91 Å². The molecule has 0 aliphatic carbocycles. The summed E-state index contributed by atoms with van der Waals surface area (Å²) in [6.45, 7) is 7.99. The lowest BCUT2D eigenvalue weighted by atomic mass is 9.94. The van der Waals surface area contributed by atoms with Crippen molar-refractivity contribution in [1.82, 2.24) is 5.32 Å². The Balaban J connectivity index is 2.98. The normalized spacial score (nSPS) is 15.4. The maximum absolute atomic E-state index is 12.3. The van der Waals surface area contributed by atoms with E-state index in [4.69, 9.17) is 10.5 Å². The monoisotopic (exact) mass is 292 g/mol. The molecule has 0 saturated heterocycles. The van der Waals surface area contributed by atoms with Gasteiger partial charge in [-0.1, -0.05) is 39.0 Å². The zero-order chi connectivity index (χ0) is 16.0. The van der Waals surface area contributed by atoms with Gasteiger partial charge in [0.05, 0.1) is 13.2 Å². The molecular weight excluding hydrogens is 264 g/mol. The van der Waals surface area contributed by atoms with E-state index in [0.717, 1.165) is 17.7 Å². The Kier molecular flexibility index (Phi) is 6.69. The number of nitrogens with one attached hydrogen (secondary N) is 1. The van der Waals surface area contributed by atoms with Gasteiger partial charge in [0.25, 0.3) is 0 Å². The number of rotatable bonds is 7. The molecule has 1 aromatic rings. The van der Waals surface area contributed by atoms with Crippen LogP contribution in [0.15, 0.2) is 24.3 Å². The van der Waals surface area contributed by atoms with Crippen LogP contribution in [0.4, 0.5) is 0 Å². The molecule has 0 radical (unpaired) electrons. The Morgan fingerprint density at radius 2 is 1.86 bits per heavy atom. The van der Waals surface area contributed by atoms with E-state index >= 15 is 0 Å². The minimum absolute atomic E-state index is 0.0124. The number of para-hydroxylation sites is 1. The fourth-order valence-corrected chi connectivity index (χ4v) is 2.23. The quantitative estimate of drug-likeness (QED) is 0.812. The third-order valence-electron chi connectivity index (χ3n) is 3.74. The topological polar surface area (TPSA) is 64.3 Å². The summed E-state index contributed by atoms with van der Waals surface area (Å²) < 4.78 is 5.42. The van der Waals surface area contributed by atoms with Crippen LogP contribution in [0.25, 0.3) is 0 Å². The van der Waals surface area contributed by atoms with Gasteiger partial charge in [0.15, 0.2) is 0 Å². The predicted octanol–water partition coefficient (Wildman–Crippen LogP) is 2.88. The van der Waals surface area contributed by atoms with E-state index in [1.165, 1.54) is 0 Å². The Morgan fingerprint density at radius 3 is 2.38 bits per heavy atom. The fraction of sp³-hybridized carbons (Fsp3) is 0.588. The summed E-state index contributed by atoms with van der Waals surface area (Å²) in [4.78, 5) is 12.3. The highest BCUT2D eigenvalue weighted by atomic mass is 16.5. The smallest absolute Gasteiger partial charge is 0.224 e. The van der Waals surface area contributed by atoms with E-state index in [2.05, 4.69) is 19.2 Å². The molecule has 3 N–H and O–H groups in total. The van der Waals surface area contributed by atoms with Crippen LogP contribution in [0.3, 0.4) is 0 Å². The summed E-state index contributed by atoms with van der Waals surface area (Å²) in [5.74, 6) is 1.04. The number of hydrogen-bond acceptors (Lipinski definition) is 3. The van der Waals surface area contributed by atoms with Crippen LogP contribution >= 0.6 is 0 Å². The molecule has 4 nitrogen and oxygen atoms in total. The maximum atomic E-state index is 12.3.